The van der Waals surface area contributed by atoms with Gasteiger partial charge >= 0.3 is 0 Å². The summed E-state index contributed by atoms with van der Waals surface area (Å²) in [4.78, 5) is 12.4. The van der Waals surface area contributed by atoms with Crippen LogP contribution in [0.1, 0.15) is 29.4 Å². The van der Waals surface area contributed by atoms with Crippen molar-refractivity contribution in [2.45, 2.75) is 34.1 Å². The molecule has 0 bridgehead atoms. The van der Waals surface area contributed by atoms with Crippen LogP contribution in [0, 0.1) is 19.3 Å². The van der Waals surface area contributed by atoms with Crippen LogP contribution in [0.3, 0.4) is 0 Å². The van der Waals surface area contributed by atoms with Crippen LogP contribution >= 0.6 is 11.3 Å². The number of hydrogen-bond donors (Lipinski definition) is 2. The summed E-state index contributed by atoms with van der Waals surface area (Å²) in [5.74, 6) is 0.858. The number of rotatable bonds is 7. The Kier molecular flexibility index (Phi) is 7.29. The molecule has 22 heavy (non-hydrogen) atoms. The monoisotopic (exact) mass is 325 g/mol. The lowest BCUT2D eigenvalue weighted by Gasteiger charge is -2.29. The molecule has 1 aromatic rings. The van der Waals surface area contributed by atoms with Crippen LogP contribution in [0.5, 0.6) is 0 Å². The van der Waals surface area contributed by atoms with E-state index in [1.165, 1.54) is 9.88 Å². The fourth-order valence-electron chi connectivity index (χ4n) is 2.39. The van der Waals surface area contributed by atoms with Gasteiger partial charge in [0.1, 0.15) is 0 Å². The zero-order valence-corrected chi connectivity index (χ0v) is 15.9. The standard InChI is InChI=1S/C16H31N5S/c1-12-13(2)22-14(20-12)8-9-18-15(17-5)19-10-16(3,4)11-21(6)7/h8-11H2,1-7H3,(H2,17,18,19). The van der Waals surface area contributed by atoms with Crippen molar-refractivity contribution in [1.29, 1.82) is 0 Å². The minimum atomic E-state index is 0.199. The normalized spacial score (nSPS) is 12.8. The van der Waals surface area contributed by atoms with Crippen molar-refractivity contribution in [1.82, 2.24) is 20.5 Å². The van der Waals surface area contributed by atoms with E-state index in [9.17, 15) is 0 Å². The fourth-order valence-corrected chi connectivity index (χ4v) is 3.32. The van der Waals surface area contributed by atoms with Crippen LogP contribution < -0.4 is 10.6 Å². The van der Waals surface area contributed by atoms with Crippen LogP contribution in [0.25, 0.3) is 0 Å². The lowest BCUT2D eigenvalue weighted by atomic mass is 9.93. The summed E-state index contributed by atoms with van der Waals surface area (Å²) in [5, 5.41) is 7.96. The Morgan fingerprint density at radius 2 is 1.95 bits per heavy atom. The lowest BCUT2D eigenvalue weighted by Crippen LogP contribution is -2.45. The van der Waals surface area contributed by atoms with Gasteiger partial charge in [0.2, 0.25) is 0 Å². The number of thiazole rings is 1. The van der Waals surface area contributed by atoms with Crippen LogP contribution in [0.2, 0.25) is 0 Å². The molecule has 126 valence electrons. The quantitative estimate of drug-likeness (QED) is 0.595. The van der Waals surface area contributed by atoms with Gasteiger partial charge in [-0.3, -0.25) is 4.99 Å². The predicted molar refractivity (Wildman–Crippen MR) is 97.0 cm³/mol. The number of nitrogens with one attached hydrogen (secondary N) is 2. The summed E-state index contributed by atoms with van der Waals surface area (Å²) in [6, 6.07) is 0. The first-order valence-corrected chi connectivity index (χ1v) is 8.57. The maximum absolute atomic E-state index is 4.56. The number of aryl methyl sites for hydroxylation is 2. The molecule has 0 amide bonds. The van der Waals surface area contributed by atoms with Gasteiger partial charge in [0.25, 0.3) is 0 Å². The van der Waals surface area contributed by atoms with Crippen molar-refractivity contribution in [3.05, 3.63) is 15.6 Å². The highest BCUT2D eigenvalue weighted by molar-refractivity contribution is 7.11. The second kappa shape index (κ2) is 8.48. The molecule has 1 rings (SSSR count). The number of aliphatic imine (C=N–C) groups is 1. The molecule has 0 aliphatic heterocycles. The van der Waals surface area contributed by atoms with E-state index in [2.05, 4.69) is 67.3 Å². The average Bonchev–Trinajstić information content (AvgIpc) is 2.71. The molecule has 0 saturated heterocycles. The number of aromatic nitrogens is 1. The van der Waals surface area contributed by atoms with Gasteiger partial charge in [0, 0.05) is 38.0 Å². The first-order valence-electron chi connectivity index (χ1n) is 7.75. The second-order valence-corrected chi connectivity index (χ2v) is 8.04. The van der Waals surface area contributed by atoms with Gasteiger partial charge in [-0.05, 0) is 33.4 Å². The van der Waals surface area contributed by atoms with E-state index < -0.39 is 0 Å². The van der Waals surface area contributed by atoms with Crippen molar-refractivity contribution < 1.29 is 0 Å². The average molecular weight is 326 g/mol. The largest absolute Gasteiger partial charge is 0.356 e. The molecule has 0 aliphatic rings. The SMILES string of the molecule is CN=C(NCCc1nc(C)c(C)s1)NCC(C)(C)CN(C)C. The maximum Gasteiger partial charge on any atom is 0.191 e. The highest BCUT2D eigenvalue weighted by Gasteiger charge is 2.19. The van der Waals surface area contributed by atoms with E-state index in [0.717, 1.165) is 37.7 Å². The topological polar surface area (TPSA) is 52.6 Å². The Hall–Kier alpha value is -1.14. The zero-order valence-electron chi connectivity index (χ0n) is 15.1. The second-order valence-electron chi connectivity index (χ2n) is 6.75. The van der Waals surface area contributed by atoms with E-state index in [0.29, 0.717) is 0 Å². The fraction of sp³-hybridized carbons (Fsp3) is 0.750. The number of nitrogens with zero attached hydrogens (tertiary/aromatic N) is 3. The molecular formula is C16H31N5S. The Morgan fingerprint density at radius 3 is 2.45 bits per heavy atom. The summed E-state index contributed by atoms with van der Waals surface area (Å²) in [6.45, 7) is 11.5. The summed E-state index contributed by atoms with van der Waals surface area (Å²) < 4.78 is 0. The molecule has 6 heteroatoms. The molecule has 1 heterocycles. The smallest absolute Gasteiger partial charge is 0.191 e. The molecule has 2 N–H and O–H groups in total. The Balaban J connectivity index is 2.36. The molecule has 0 radical (unpaired) electrons. The molecule has 1 aromatic heterocycles. The van der Waals surface area contributed by atoms with Gasteiger partial charge in [0.05, 0.1) is 10.7 Å². The van der Waals surface area contributed by atoms with Crippen molar-refractivity contribution >= 4 is 17.3 Å². The van der Waals surface area contributed by atoms with Gasteiger partial charge in [-0.15, -0.1) is 11.3 Å². The maximum atomic E-state index is 4.56. The van der Waals surface area contributed by atoms with E-state index in [-0.39, 0.29) is 5.41 Å². The van der Waals surface area contributed by atoms with Crippen molar-refractivity contribution in [2.24, 2.45) is 10.4 Å². The van der Waals surface area contributed by atoms with E-state index in [1.54, 1.807) is 11.3 Å². The summed E-state index contributed by atoms with van der Waals surface area (Å²) in [5.41, 5.74) is 1.35. The summed E-state index contributed by atoms with van der Waals surface area (Å²) >= 11 is 1.78. The molecular weight excluding hydrogens is 294 g/mol. The number of hydrogen-bond acceptors (Lipinski definition) is 4. The molecule has 5 nitrogen and oxygen atoms in total. The van der Waals surface area contributed by atoms with Crippen molar-refractivity contribution in [3.8, 4) is 0 Å². The minimum Gasteiger partial charge on any atom is -0.356 e. The molecule has 0 fully saturated rings. The lowest BCUT2D eigenvalue weighted by molar-refractivity contribution is 0.241. The third-order valence-electron chi connectivity index (χ3n) is 3.41. The van der Waals surface area contributed by atoms with Gasteiger partial charge < -0.3 is 15.5 Å². The Bertz CT molecular complexity index is 471. The van der Waals surface area contributed by atoms with Crippen LogP contribution in [-0.2, 0) is 6.42 Å². The van der Waals surface area contributed by atoms with Crippen LogP contribution in [0.4, 0.5) is 0 Å². The first-order chi connectivity index (χ1) is 10.2. The third-order valence-corrected chi connectivity index (χ3v) is 4.54. The molecule has 0 unspecified atom stereocenters. The first kappa shape index (κ1) is 18.9. The molecule has 0 aromatic carbocycles. The van der Waals surface area contributed by atoms with E-state index >= 15 is 0 Å². The van der Waals surface area contributed by atoms with E-state index in [1.807, 2.05) is 7.05 Å². The highest BCUT2D eigenvalue weighted by Crippen LogP contribution is 2.16. The Morgan fingerprint density at radius 1 is 1.27 bits per heavy atom. The summed E-state index contributed by atoms with van der Waals surface area (Å²) in [7, 11) is 6.02. The molecule has 0 saturated carbocycles. The Labute approximate surface area is 139 Å². The van der Waals surface area contributed by atoms with Crippen LogP contribution in [-0.4, -0.2) is 56.6 Å². The van der Waals surface area contributed by atoms with Gasteiger partial charge in [0.15, 0.2) is 5.96 Å². The van der Waals surface area contributed by atoms with E-state index in [4.69, 9.17) is 0 Å². The zero-order chi connectivity index (χ0) is 16.8. The minimum absolute atomic E-state index is 0.199. The molecule has 0 spiro atoms. The van der Waals surface area contributed by atoms with Crippen molar-refractivity contribution in [2.75, 3.05) is 40.8 Å². The van der Waals surface area contributed by atoms with Gasteiger partial charge in [-0.1, -0.05) is 13.8 Å². The van der Waals surface area contributed by atoms with Crippen molar-refractivity contribution in [3.63, 3.8) is 0 Å². The predicted octanol–water partition coefficient (Wildman–Crippen LogP) is 2.06. The highest BCUT2D eigenvalue weighted by atomic mass is 32.1. The molecule has 0 aliphatic carbocycles. The van der Waals surface area contributed by atoms with Crippen LogP contribution in [0.15, 0.2) is 4.99 Å². The summed E-state index contributed by atoms with van der Waals surface area (Å²) in [6.07, 6.45) is 0.932. The molecule has 0 atom stereocenters. The number of guanidine groups is 1. The third kappa shape index (κ3) is 6.75. The van der Waals surface area contributed by atoms with Gasteiger partial charge in [-0.25, -0.2) is 4.98 Å². The van der Waals surface area contributed by atoms with Gasteiger partial charge in [-0.2, -0.15) is 0 Å².